The van der Waals surface area contributed by atoms with Gasteiger partial charge >= 0.3 is 0 Å². The zero-order chi connectivity index (χ0) is 13.7. The second-order valence-corrected chi connectivity index (χ2v) is 4.87. The fraction of sp³-hybridized carbons (Fsp3) is 0.400. The largest absolute Gasteiger partial charge is 0.497 e. The SMILES string of the molecule is COc1ccc(CNCc2cnn(C(C)C)c2)cc1.Cl. The standard InChI is InChI=1S/C15H21N3O.ClH/c1-12(2)18-11-14(10-17-18)9-16-8-13-4-6-15(19-3)7-5-13;/h4-7,10-12,16H,8-9H2,1-3H3;1H. The number of rotatable bonds is 6. The predicted molar refractivity (Wildman–Crippen MR) is 83.4 cm³/mol. The van der Waals surface area contributed by atoms with Crippen LogP contribution in [0, 0.1) is 0 Å². The molecule has 0 atom stereocenters. The summed E-state index contributed by atoms with van der Waals surface area (Å²) in [5.74, 6) is 0.891. The molecular weight excluding hydrogens is 274 g/mol. The van der Waals surface area contributed by atoms with Crippen LogP contribution in [0.5, 0.6) is 5.75 Å². The molecule has 2 aromatic rings. The average Bonchev–Trinajstić information content (AvgIpc) is 2.89. The maximum atomic E-state index is 5.14. The number of aromatic nitrogens is 2. The van der Waals surface area contributed by atoms with Gasteiger partial charge in [-0.2, -0.15) is 5.10 Å². The molecule has 0 fully saturated rings. The lowest BCUT2D eigenvalue weighted by molar-refractivity contribution is 0.414. The summed E-state index contributed by atoms with van der Waals surface area (Å²) in [6, 6.07) is 8.52. The van der Waals surface area contributed by atoms with Gasteiger partial charge in [0.1, 0.15) is 5.75 Å². The number of hydrogen-bond acceptors (Lipinski definition) is 3. The van der Waals surface area contributed by atoms with Crippen molar-refractivity contribution >= 4 is 12.4 Å². The van der Waals surface area contributed by atoms with E-state index in [4.69, 9.17) is 4.74 Å². The van der Waals surface area contributed by atoms with Gasteiger partial charge in [-0.1, -0.05) is 12.1 Å². The van der Waals surface area contributed by atoms with E-state index in [1.165, 1.54) is 11.1 Å². The number of hydrogen-bond donors (Lipinski definition) is 1. The molecule has 5 heteroatoms. The molecule has 1 N–H and O–H groups in total. The van der Waals surface area contributed by atoms with Crippen molar-refractivity contribution in [1.82, 2.24) is 15.1 Å². The summed E-state index contributed by atoms with van der Waals surface area (Å²) in [6.07, 6.45) is 4.01. The molecule has 0 saturated heterocycles. The van der Waals surface area contributed by atoms with E-state index < -0.39 is 0 Å². The minimum Gasteiger partial charge on any atom is -0.497 e. The molecule has 0 amide bonds. The Bertz CT molecular complexity index is 508. The highest BCUT2D eigenvalue weighted by Gasteiger charge is 2.01. The third-order valence-electron chi connectivity index (χ3n) is 3.00. The number of benzene rings is 1. The quantitative estimate of drug-likeness (QED) is 0.889. The number of nitrogens with zero attached hydrogens (tertiary/aromatic N) is 2. The predicted octanol–water partition coefficient (Wildman–Crippen LogP) is 3.18. The van der Waals surface area contributed by atoms with Crippen LogP contribution in [0.4, 0.5) is 0 Å². The summed E-state index contributed by atoms with van der Waals surface area (Å²) in [4.78, 5) is 0. The Morgan fingerprint density at radius 1 is 1.15 bits per heavy atom. The smallest absolute Gasteiger partial charge is 0.118 e. The lowest BCUT2D eigenvalue weighted by Gasteiger charge is -2.05. The van der Waals surface area contributed by atoms with Gasteiger partial charge in [-0.3, -0.25) is 4.68 Å². The van der Waals surface area contributed by atoms with Crippen molar-refractivity contribution in [2.45, 2.75) is 33.0 Å². The summed E-state index contributed by atoms with van der Waals surface area (Å²) in [5, 5.41) is 7.74. The van der Waals surface area contributed by atoms with Crippen LogP contribution in [-0.2, 0) is 13.1 Å². The molecule has 110 valence electrons. The van der Waals surface area contributed by atoms with Gasteiger partial charge < -0.3 is 10.1 Å². The fourth-order valence-corrected chi connectivity index (χ4v) is 1.85. The topological polar surface area (TPSA) is 39.1 Å². The first kappa shape index (κ1) is 16.5. The van der Waals surface area contributed by atoms with E-state index in [-0.39, 0.29) is 12.4 Å². The van der Waals surface area contributed by atoms with Crippen LogP contribution in [0.3, 0.4) is 0 Å². The van der Waals surface area contributed by atoms with Gasteiger partial charge in [0.05, 0.1) is 13.3 Å². The maximum absolute atomic E-state index is 5.14. The van der Waals surface area contributed by atoms with E-state index in [9.17, 15) is 0 Å². The summed E-state index contributed by atoms with van der Waals surface area (Å²) in [6.45, 7) is 5.93. The van der Waals surface area contributed by atoms with Crippen molar-refractivity contribution in [3.63, 3.8) is 0 Å². The summed E-state index contributed by atoms with van der Waals surface area (Å²) in [7, 11) is 1.68. The molecule has 1 heterocycles. The minimum absolute atomic E-state index is 0. The van der Waals surface area contributed by atoms with Crippen molar-refractivity contribution in [1.29, 1.82) is 0 Å². The summed E-state index contributed by atoms with van der Waals surface area (Å²) < 4.78 is 7.11. The highest BCUT2D eigenvalue weighted by Crippen LogP contribution is 2.11. The van der Waals surface area contributed by atoms with Crippen molar-refractivity contribution < 1.29 is 4.74 Å². The highest BCUT2D eigenvalue weighted by atomic mass is 35.5. The molecule has 1 aromatic carbocycles. The minimum atomic E-state index is 0. The van der Waals surface area contributed by atoms with Crippen molar-refractivity contribution in [2.75, 3.05) is 7.11 Å². The van der Waals surface area contributed by atoms with Crippen molar-refractivity contribution in [2.24, 2.45) is 0 Å². The Labute approximate surface area is 126 Å². The lowest BCUT2D eigenvalue weighted by Crippen LogP contribution is -2.12. The van der Waals surface area contributed by atoms with E-state index in [2.05, 4.69) is 42.6 Å². The Morgan fingerprint density at radius 2 is 1.80 bits per heavy atom. The van der Waals surface area contributed by atoms with Crippen LogP contribution in [0.25, 0.3) is 0 Å². The molecule has 0 aliphatic rings. The third kappa shape index (κ3) is 4.54. The van der Waals surface area contributed by atoms with Crippen LogP contribution in [0.15, 0.2) is 36.7 Å². The lowest BCUT2D eigenvalue weighted by atomic mass is 10.2. The first-order chi connectivity index (χ1) is 9.19. The molecule has 0 unspecified atom stereocenters. The summed E-state index contributed by atoms with van der Waals surface area (Å²) >= 11 is 0. The Kier molecular flexibility index (Phi) is 6.55. The van der Waals surface area contributed by atoms with Crippen LogP contribution >= 0.6 is 12.4 Å². The fourth-order valence-electron chi connectivity index (χ4n) is 1.85. The van der Waals surface area contributed by atoms with Crippen molar-refractivity contribution in [3.8, 4) is 5.75 Å². The van der Waals surface area contributed by atoms with Crippen LogP contribution in [-0.4, -0.2) is 16.9 Å². The molecule has 0 aliphatic heterocycles. The van der Waals surface area contributed by atoms with E-state index in [0.29, 0.717) is 6.04 Å². The van der Waals surface area contributed by atoms with E-state index >= 15 is 0 Å². The first-order valence-electron chi connectivity index (χ1n) is 6.55. The second-order valence-electron chi connectivity index (χ2n) is 4.87. The summed E-state index contributed by atoms with van der Waals surface area (Å²) in [5.41, 5.74) is 2.46. The van der Waals surface area contributed by atoms with Crippen molar-refractivity contribution in [3.05, 3.63) is 47.8 Å². The maximum Gasteiger partial charge on any atom is 0.118 e. The molecule has 0 spiro atoms. The number of nitrogens with one attached hydrogen (secondary N) is 1. The van der Waals surface area contributed by atoms with Gasteiger partial charge in [-0.25, -0.2) is 0 Å². The normalized spacial score (nSPS) is 10.4. The van der Waals surface area contributed by atoms with Gasteiger partial charge in [0, 0.05) is 30.9 Å². The van der Waals surface area contributed by atoms with Crippen LogP contribution in [0.2, 0.25) is 0 Å². The van der Waals surface area contributed by atoms with Gasteiger partial charge in [0.15, 0.2) is 0 Å². The van der Waals surface area contributed by atoms with Gasteiger partial charge in [-0.15, -0.1) is 12.4 Å². The highest BCUT2D eigenvalue weighted by molar-refractivity contribution is 5.85. The van der Waals surface area contributed by atoms with Crippen LogP contribution < -0.4 is 10.1 Å². The van der Waals surface area contributed by atoms with Crippen LogP contribution in [0.1, 0.15) is 31.0 Å². The molecule has 1 aromatic heterocycles. The molecule has 0 radical (unpaired) electrons. The molecule has 20 heavy (non-hydrogen) atoms. The Hall–Kier alpha value is -1.52. The Balaban J connectivity index is 0.00000200. The Morgan fingerprint density at radius 3 is 2.35 bits per heavy atom. The van der Waals surface area contributed by atoms with E-state index in [1.807, 2.05) is 23.0 Å². The van der Waals surface area contributed by atoms with Gasteiger partial charge in [0.25, 0.3) is 0 Å². The molecule has 0 saturated carbocycles. The van der Waals surface area contributed by atoms with Gasteiger partial charge in [0.2, 0.25) is 0 Å². The molecule has 0 aliphatic carbocycles. The van der Waals surface area contributed by atoms with E-state index in [1.54, 1.807) is 7.11 Å². The number of ether oxygens (including phenoxy) is 1. The third-order valence-corrected chi connectivity index (χ3v) is 3.00. The zero-order valence-electron chi connectivity index (χ0n) is 12.2. The molecule has 4 nitrogen and oxygen atoms in total. The first-order valence-corrected chi connectivity index (χ1v) is 6.55. The average molecular weight is 296 g/mol. The molecule has 0 bridgehead atoms. The number of methoxy groups -OCH3 is 1. The zero-order valence-corrected chi connectivity index (χ0v) is 13.0. The van der Waals surface area contributed by atoms with Gasteiger partial charge in [-0.05, 0) is 31.5 Å². The molecule has 2 rings (SSSR count). The second kappa shape index (κ2) is 7.92. The number of halogens is 1. The molecular formula is C15H22ClN3O. The monoisotopic (exact) mass is 295 g/mol. The van der Waals surface area contributed by atoms with E-state index in [0.717, 1.165) is 18.8 Å².